The molecule has 0 bridgehead atoms. The highest BCUT2D eigenvalue weighted by Crippen LogP contribution is 2.46. The summed E-state index contributed by atoms with van der Waals surface area (Å²) in [6.07, 6.45) is 5.84. The summed E-state index contributed by atoms with van der Waals surface area (Å²) in [4.78, 5) is 31.0. The number of likely N-dealkylation sites (tertiary alicyclic amines) is 2. The van der Waals surface area contributed by atoms with Crippen LogP contribution in [0, 0.1) is 11.3 Å². The minimum atomic E-state index is -3.78. The maximum atomic E-state index is 13.9. The van der Waals surface area contributed by atoms with E-state index in [4.69, 9.17) is 11.6 Å². The van der Waals surface area contributed by atoms with Gasteiger partial charge in [0.15, 0.2) is 9.84 Å². The van der Waals surface area contributed by atoms with Crippen molar-refractivity contribution >= 4 is 33.3 Å². The average molecular weight is 505 g/mol. The Labute approximate surface area is 205 Å². The van der Waals surface area contributed by atoms with Crippen LogP contribution in [0.3, 0.4) is 0 Å². The monoisotopic (exact) mass is 504 g/mol. The van der Waals surface area contributed by atoms with E-state index in [1.54, 1.807) is 0 Å². The van der Waals surface area contributed by atoms with Gasteiger partial charge >= 0.3 is 0 Å². The SMILES string of the molecule is N#CC1(NC(=O)[C@@H]2C[C@@H](S(=O)(=O)c3ccc(Cl)cc3)CN2C(=O)C2(N3CCCCC3)CC2)CC1. The topological polar surface area (TPSA) is 111 Å². The van der Waals surface area contributed by atoms with E-state index in [9.17, 15) is 23.3 Å². The molecule has 2 saturated heterocycles. The van der Waals surface area contributed by atoms with E-state index in [1.807, 2.05) is 0 Å². The first-order valence-corrected chi connectivity index (χ1v) is 13.9. The Morgan fingerprint density at radius 1 is 1.06 bits per heavy atom. The Morgan fingerprint density at radius 3 is 2.26 bits per heavy atom. The quantitative estimate of drug-likeness (QED) is 0.636. The molecule has 4 aliphatic rings. The van der Waals surface area contributed by atoms with Crippen LogP contribution in [0.2, 0.25) is 5.02 Å². The summed E-state index contributed by atoms with van der Waals surface area (Å²) in [6, 6.07) is 7.20. The van der Waals surface area contributed by atoms with Crippen LogP contribution in [0.25, 0.3) is 0 Å². The lowest BCUT2D eigenvalue weighted by molar-refractivity contribution is -0.144. The van der Waals surface area contributed by atoms with Crippen LogP contribution < -0.4 is 5.32 Å². The van der Waals surface area contributed by atoms with Crippen molar-refractivity contribution in [3.63, 3.8) is 0 Å². The number of carbonyl (C=O) groups is 2. The average Bonchev–Trinajstić information content (AvgIpc) is 3.76. The van der Waals surface area contributed by atoms with Gasteiger partial charge in [-0.05, 0) is 82.3 Å². The van der Waals surface area contributed by atoms with Crippen LogP contribution in [-0.2, 0) is 19.4 Å². The predicted molar refractivity (Wildman–Crippen MR) is 126 cm³/mol. The van der Waals surface area contributed by atoms with Crippen molar-refractivity contribution in [2.45, 2.75) is 78.6 Å². The highest BCUT2D eigenvalue weighted by atomic mass is 35.5. The van der Waals surface area contributed by atoms with Crippen molar-refractivity contribution in [2.24, 2.45) is 0 Å². The fraction of sp³-hybridized carbons (Fsp3) is 0.625. The van der Waals surface area contributed by atoms with Crippen LogP contribution in [0.5, 0.6) is 0 Å². The van der Waals surface area contributed by atoms with Gasteiger partial charge in [-0.2, -0.15) is 5.26 Å². The zero-order valence-electron chi connectivity index (χ0n) is 19.0. The van der Waals surface area contributed by atoms with Crippen LogP contribution in [0.4, 0.5) is 0 Å². The van der Waals surface area contributed by atoms with E-state index >= 15 is 0 Å². The molecule has 4 fully saturated rings. The maximum Gasteiger partial charge on any atom is 0.244 e. The number of nitriles is 1. The number of nitrogens with one attached hydrogen (secondary N) is 1. The normalized spacial score (nSPS) is 27.6. The lowest BCUT2D eigenvalue weighted by Gasteiger charge is -2.37. The molecule has 0 unspecified atom stereocenters. The number of carbonyl (C=O) groups excluding carboxylic acids is 2. The van der Waals surface area contributed by atoms with Crippen molar-refractivity contribution < 1.29 is 18.0 Å². The van der Waals surface area contributed by atoms with Crippen LogP contribution in [-0.4, -0.2) is 72.0 Å². The van der Waals surface area contributed by atoms with Crippen LogP contribution in [0.15, 0.2) is 29.2 Å². The molecule has 1 aromatic carbocycles. The third-order valence-electron chi connectivity index (χ3n) is 7.82. The maximum absolute atomic E-state index is 13.9. The molecule has 2 atom stereocenters. The van der Waals surface area contributed by atoms with E-state index < -0.39 is 38.1 Å². The highest BCUT2D eigenvalue weighted by Gasteiger charge is 2.59. The van der Waals surface area contributed by atoms with Crippen LogP contribution in [0.1, 0.15) is 51.4 Å². The summed E-state index contributed by atoms with van der Waals surface area (Å²) >= 11 is 5.93. The summed E-state index contributed by atoms with van der Waals surface area (Å²) in [7, 11) is -3.78. The van der Waals surface area contributed by atoms with Gasteiger partial charge in [-0.3, -0.25) is 14.5 Å². The smallest absolute Gasteiger partial charge is 0.244 e. The zero-order chi connectivity index (χ0) is 24.1. The van der Waals surface area contributed by atoms with Gasteiger partial charge in [-0.15, -0.1) is 0 Å². The molecule has 2 saturated carbocycles. The Balaban J connectivity index is 1.43. The molecule has 34 heavy (non-hydrogen) atoms. The van der Waals surface area contributed by atoms with Crippen molar-refractivity contribution in [1.82, 2.24) is 15.1 Å². The number of piperidine rings is 1. The molecule has 10 heteroatoms. The fourth-order valence-corrected chi connectivity index (χ4v) is 7.21. The summed E-state index contributed by atoms with van der Waals surface area (Å²) in [6.45, 7) is 1.66. The molecule has 1 N–H and O–H groups in total. The number of hydrogen-bond donors (Lipinski definition) is 1. The van der Waals surface area contributed by atoms with Gasteiger partial charge in [0.25, 0.3) is 0 Å². The van der Waals surface area contributed by atoms with E-state index in [0.29, 0.717) is 17.9 Å². The number of benzene rings is 1. The molecule has 1 aromatic rings. The van der Waals surface area contributed by atoms with Gasteiger partial charge in [0.05, 0.1) is 16.2 Å². The lowest BCUT2D eigenvalue weighted by atomic mass is 10.1. The summed E-state index contributed by atoms with van der Waals surface area (Å²) in [5, 5.41) is 11.8. The molecule has 182 valence electrons. The minimum absolute atomic E-state index is 0.0140. The molecule has 0 radical (unpaired) electrons. The van der Waals surface area contributed by atoms with E-state index in [0.717, 1.165) is 45.2 Å². The van der Waals surface area contributed by atoms with Crippen molar-refractivity contribution in [3.05, 3.63) is 29.3 Å². The first kappa shape index (κ1) is 23.6. The third kappa shape index (κ3) is 4.10. The van der Waals surface area contributed by atoms with Gasteiger partial charge in [0.2, 0.25) is 11.8 Å². The number of halogens is 1. The van der Waals surface area contributed by atoms with Gasteiger partial charge < -0.3 is 10.2 Å². The Hall–Kier alpha value is -2.15. The van der Waals surface area contributed by atoms with Gasteiger partial charge in [0.1, 0.15) is 17.1 Å². The second kappa shape index (κ2) is 8.51. The molecular weight excluding hydrogens is 476 g/mol. The highest BCUT2D eigenvalue weighted by molar-refractivity contribution is 7.92. The standard InChI is InChI=1S/C24H29ClN4O4S/c25-17-4-6-18(7-5-17)34(32,33)19-14-20(21(30)27-23(16-26)8-9-23)29(15-19)22(31)24(10-11-24)28-12-2-1-3-13-28/h4-7,19-20H,1-3,8-15H2,(H,27,30)/t19-,20+/m1/s1. The Kier molecular flexibility index (Phi) is 5.90. The van der Waals surface area contributed by atoms with E-state index in [-0.39, 0.29) is 23.8 Å². The Bertz CT molecular complexity index is 1130. The largest absolute Gasteiger partial charge is 0.336 e. The second-order valence-electron chi connectivity index (χ2n) is 10.1. The number of nitrogens with zero attached hydrogens (tertiary/aromatic N) is 3. The molecule has 2 aliphatic heterocycles. The second-order valence-corrected chi connectivity index (χ2v) is 12.8. The van der Waals surface area contributed by atoms with Gasteiger partial charge in [0, 0.05) is 11.6 Å². The first-order valence-electron chi connectivity index (χ1n) is 12.0. The molecule has 0 spiro atoms. The Morgan fingerprint density at radius 2 is 1.71 bits per heavy atom. The summed E-state index contributed by atoms with van der Waals surface area (Å²) in [5.41, 5.74) is -1.51. The number of rotatable bonds is 6. The van der Waals surface area contributed by atoms with Gasteiger partial charge in [-0.1, -0.05) is 18.0 Å². The fourth-order valence-electron chi connectivity index (χ4n) is 5.39. The molecule has 5 rings (SSSR count). The lowest BCUT2D eigenvalue weighted by Crippen LogP contribution is -2.57. The molecule has 8 nitrogen and oxygen atoms in total. The zero-order valence-corrected chi connectivity index (χ0v) is 20.6. The van der Waals surface area contributed by atoms with Crippen molar-refractivity contribution in [3.8, 4) is 6.07 Å². The third-order valence-corrected chi connectivity index (χ3v) is 10.2. The molecule has 0 aromatic heterocycles. The van der Waals surface area contributed by atoms with E-state index in [1.165, 1.54) is 29.2 Å². The van der Waals surface area contributed by atoms with E-state index in [2.05, 4.69) is 16.3 Å². The molecular formula is C24H29ClN4O4S. The number of hydrogen-bond acceptors (Lipinski definition) is 6. The van der Waals surface area contributed by atoms with Gasteiger partial charge in [-0.25, -0.2) is 8.42 Å². The number of sulfone groups is 1. The summed E-state index contributed by atoms with van der Waals surface area (Å²) in [5.74, 6) is -0.583. The summed E-state index contributed by atoms with van der Waals surface area (Å²) < 4.78 is 26.9. The molecule has 2 heterocycles. The molecule has 2 amide bonds. The predicted octanol–water partition coefficient (Wildman–Crippen LogP) is 2.27. The van der Waals surface area contributed by atoms with Crippen molar-refractivity contribution in [2.75, 3.05) is 19.6 Å². The number of amides is 2. The first-order chi connectivity index (χ1) is 16.2. The molecule has 2 aliphatic carbocycles. The van der Waals surface area contributed by atoms with Crippen LogP contribution >= 0.6 is 11.6 Å². The minimum Gasteiger partial charge on any atom is -0.336 e. The van der Waals surface area contributed by atoms with Crippen molar-refractivity contribution in [1.29, 1.82) is 5.26 Å².